The minimum atomic E-state index is -0.627. The number of methoxy groups -OCH3 is 1. The molecule has 6 nitrogen and oxygen atoms in total. The van der Waals surface area contributed by atoms with E-state index in [9.17, 15) is 14.7 Å². The molecule has 0 saturated heterocycles. The number of phenols is 1. The van der Waals surface area contributed by atoms with E-state index in [-0.39, 0.29) is 17.4 Å². The molecule has 1 aliphatic rings. The number of esters is 1. The molecule has 2 rings (SSSR count). The molecule has 1 aromatic rings. The van der Waals surface area contributed by atoms with Crippen LogP contribution in [0.3, 0.4) is 0 Å². The molecular formula is C18H23NO5. The van der Waals surface area contributed by atoms with Crippen molar-refractivity contribution >= 4 is 12.1 Å². The minimum absolute atomic E-state index is 0.0677. The van der Waals surface area contributed by atoms with Crippen molar-refractivity contribution in [1.82, 2.24) is 4.90 Å². The second-order valence-electron chi connectivity index (χ2n) is 6.60. The lowest BCUT2D eigenvalue weighted by Gasteiger charge is -2.34. The van der Waals surface area contributed by atoms with Crippen molar-refractivity contribution in [1.29, 1.82) is 0 Å². The predicted octanol–water partition coefficient (Wildman–Crippen LogP) is 3.42. The van der Waals surface area contributed by atoms with Crippen LogP contribution in [0.4, 0.5) is 4.79 Å². The molecule has 0 aromatic heterocycles. The summed E-state index contributed by atoms with van der Waals surface area (Å²) in [5.41, 5.74) is 0.183. The van der Waals surface area contributed by atoms with Crippen LogP contribution < -0.4 is 0 Å². The monoisotopic (exact) mass is 333 g/mol. The molecule has 1 atom stereocenters. The first-order valence-corrected chi connectivity index (χ1v) is 7.80. The van der Waals surface area contributed by atoms with Crippen molar-refractivity contribution < 1.29 is 24.2 Å². The van der Waals surface area contributed by atoms with E-state index in [4.69, 9.17) is 4.74 Å². The normalized spacial score (nSPS) is 17.5. The number of phenolic OH excluding ortho intramolecular Hbond substituents is 1. The van der Waals surface area contributed by atoms with Gasteiger partial charge in [-0.1, -0.05) is 18.2 Å². The Morgan fingerprint density at radius 2 is 2.00 bits per heavy atom. The first-order valence-electron chi connectivity index (χ1n) is 7.80. The largest absolute Gasteiger partial charge is 0.507 e. The van der Waals surface area contributed by atoms with Gasteiger partial charge in [0.25, 0.3) is 0 Å². The van der Waals surface area contributed by atoms with Crippen LogP contribution in [-0.4, -0.2) is 41.3 Å². The number of aromatic hydroxyl groups is 1. The van der Waals surface area contributed by atoms with Crippen molar-refractivity contribution in [3.8, 4) is 5.75 Å². The van der Waals surface area contributed by atoms with Crippen LogP contribution in [-0.2, 0) is 9.47 Å². The second kappa shape index (κ2) is 6.95. The highest BCUT2D eigenvalue weighted by atomic mass is 16.6. The fourth-order valence-electron chi connectivity index (χ4n) is 2.51. The van der Waals surface area contributed by atoms with Gasteiger partial charge in [0.15, 0.2) is 0 Å². The summed E-state index contributed by atoms with van der Waals surface area (Å²) in [7, 11) is 1.25. The molecule has 1 N–H and O–H groups in total. The Balaban J connectivity index is 2.34. The van der Waals surface area contributed by atoms with E-state index in [1.54, 1.807) is 17.0 Å². The van der Waals surface area contributed by atoms with E-state index in [0.29, 0.717) is 12.1 Å². The van der Waals surface area contributed by atoms with Crippen molar-refractivity contribution in [2.24, 2.45) is 0 Å². The smallest absolute Gasteiger partial charge is 0.411 e. The third-order valence-corrected chi connectivity index (χ3v) is 3.59. The topological polar surface area (TPSA) is 76.1 Å². The van der Waals surface area contributed by atoms with Gasteiger partial charge >= 0.3 is 12.1 Å². The molecule has 1 amide bonds. The first-order chi connectivity index (χ1) is 11.2. The van der Waals surface area contributed by atoms with Crippen LogP contribution in [0.15, 0.2) is 30.4 Å². The number of rotatable bonds is 2. The number of hydrogen-bond acceptors (Lipinski definition) is 5. The zero-order valence-electron chi connectivity index (χ0n) is 14.4. The fourth-order valence-corrected chi connectivity index (χ4v) is 2.51. The molecule has 0 bridgehead atoms. The van der Waals surface area contributed by atoms with Gasteiger partial charge in [0, 0.05) is 6.54 Å². The molecule has 1 aromatic carbocycles. The van der Waals surface area contributed by atoms with Crippen LogP contribution >= 0.6 is 0 Å². The lowest BCUT2D eigenvalue weighted by Crippen LogP contribution is -2.40. The van der Waals surface area contributed by atoms with E-state index in [2.05, 4.69) is 4.74 Å². The average molecular weight is 333 g/mol. The number of amides is 1. The Hall–Kier alpha value is -2.50. The highest BCUT2D eigenvalue weighted by molar-refractivity contribution is 5.92. The van der Waals surface area contributed by atoms with Crippen LogP contribution in [0.1, 0.15) is 49.2 Å². The van der Waals surface area contributed by atoms with Gasteiger partial charge in [-0.25, -0.2) is 9.59 Å². The van der Waals surface area contributed by atoms with Crippen molar-refractivity contribution in [2.45, 2.75) is 38.8 Å². The Morgan fingerprint density at radius 3 is 2.62 bits per heavy atom. The molecule has 6 heteroatoms. The third-order valence-electron chi connectivity index (χ3n) is 3.59. The number of carbonyl (C=O) groups is 2. The highest BCUT2D eigenvalue weighted by Gasteiger charge is 2.30. The van der Waals surface area contributed by atoms with Gasteiger partial charge in [0.2, 0.25) is 0 Å². The van der Waals surface area contributed by atoms with Gasteiger partial charge in [-0.3, -0.25) is 4.90 Å². The molecule has 0 spiro atoms. The van der Waals surface area contributed by atoms with Gasteiger partial charge in [-0.05, 0) is 44.9 Å². The van der Waals surface area contributed by atoms with Gasteiger partial charge in [0.05, 0.1) is 13.2 Å². The molecule has 1 heterocycles. The standard InChI is InChI=1S/C18H23NO5/c1-18(2,3)24-17(22)19-10-6-5-7-14(19)12-8-9-15(20)13(11-12)16(21)23-4/h5,7-9,11,14,20H,6,10H2,1-4H3/t14-/m0/s1. The zero-order valence-corrected chi connectivity index (χ0v) is 14.4. The Bertz CT molecular complexity index is 660. The van der Waals surface area contributed by atoms with E-state index >= 15 is 0 Å². The van der Waals surface area contributed by atoms with Crippen molar-refractivity contribution in [3.05, 3.63) is 41.5 Å². The van der Waals surface area contributed by atoms with Crippen LogP contribution in [0, 0.1) is 0 Å². The molecular weight excluding hydrogens is 310 g/mol. The maximum Gasteiger partial charge on any atom is 0.411 e. The SMILES string of the molecule is COC(=O)c1cc([C@@H]2C=CCCN2C(=O)OC(C)(C)C)ccc1O. The maximum absolute atomic E-state index is 12.5. The number of hydrogen-bond donors (Lipinski definition) is 1. The lowest BCUT2D eigenvalue weighted by molar-refractivity contribution is 0.0190. The Kier molecular flexibility index (Phi) is 5.17. The minimum Gasteiger partial charge on any atom is -0.507 e. The summed E-state index contributed by atoms with van der Waals surface area (Å²) < 4.78 is 10.1. The fraction of sp³-hybridized carbons (Fsp3) is 0.444. The number of carbonyl (C=O) groups excluding carboxylic acids is 2. The molecule has 24 heavy (non-hydrogen) atoms. The molecule has 0 saturated carbocycles. The predicted molar refractivity (Wildman–Crippen MR) is 88.9 cm³/mol. The second-order valence-corrected chi connectivity index (χ2v) is 6.60. The quantitative estimate of drug-likeness (QED) is 0.663. The van der Waals surface area contributed by atoms with Gasteiger partial charge in [-0.15, -0.1) is 0 Å². The number of ether oxygens (including phenoxy) is 2. The molecule has 0 unspecified atom stereocenters. The van der Waals surface area contributed by atoms with Crippen LogP contribution in [0.5, 0.6) is 5.75 Å². The van der Waals surface area contributed by atoms with Crippen molar-refractivity contribution in [3.63, 3.8) is 0 Å². The molecule has 0 radical (unpaired) electrons. The molecule has 130 valence electrons. The van der Waals surface area contributed by atoms with Crippen molar-refractivity contribution in [2.75, 3.05) is 13.7 Å². The van der Waals surface area contributed by atoms with E-state index in [1.807, 2.05) is 32.9 Å². The van der Waals surface area contributed by atoms with E-state index < -0.39 is 17.7 Å². The number of benzene rings is 1. The Labute approximate surface area is 141 Å². The summed E-state index contributed by atoms with van der Waals surface area (Å²) in [4.78, 5) is 25.8. The average Bonchev–Trinajstić information content (AvgIpc) is 2.53. The summed E-state index contributed by atoms with van der Waals surface area (Å²) in [6, 6.07) is 4.29. The highest BCUT2D eigenvalue weighted by Crippen LogP contribution is 2.31. The summed E-state index contributed by atoms with van der Waals surface area (Å²) in [5, 5.41) is 9.84. The molecule has 0 fully saturated rings. The zero-order chi connectivity index (χ0) is 17.9. The maximum atomic E-state index is 12.5. The van der Waals surface area contributed by atoms with Crippen LogP contribution in [0.25, 0.3) is 0 Å². The summed E-state index contributed by atoms with van der Waals surface area (Å²) >= 11 is 0. The van der Waals surface area contributed by atoms with Gasteiger partial charge in [0.1, 0.15) is 16.9 Å². The number of nitrogens with zero attached hydrogens (tertiary/aromatic N) is 1. The summed E-state index contributed by atoms with van der Waals surface area (Å²) in [6.45, 7) is 5.96. The third kappa shape index (κ3) is 4.07. The first kappa shape index (κ1) is 17.8. The summed E-state index contributed by atoms with van der Waals surface area (Å²) in [6.07, 6.45) is 4.19. The Morgan fingerprint density at radius 1 is 1.29 bits per heavy atom. The van der Waals surface area contributed by atoms with Gasteiger partial charge < -0.3 is 14.6 Å². The van der Waals surface area contributed by atoms with Gasteiger partial charge in [-0.2, -0.15) is 0 Å². The lowest BCUT2D eigenvalue weighted by atomic mass is 9.99. The molecule has 0 aliphatic carbocycles. The van der Waals surface area contributed by atoms with E-state index in [0.717, 1.165) is 6.42 Å². The van der Waals surface area contributed by atoms with Crippen LogP contribution in [0.2, 0.25) is 0 Å². The summed E-state index contributed by atoms with van der Waals surface area (Å²) in [5.74, 6) is -0.785. The van der Waals surface area contributed by atoms with E-state index in [1.165, 1.54) is 13.2 Å². The molecule has 1 aliphatic heterocycles.